The molecule has 0 aliphatic heterocycles. The fourth-order valence-corrected chi connectivity index (χ4v) is 2.13. The maximum Gasteiger partial charge on any atom is 0.225 e. The topological polar surface area (TPSA) is 103 Å². The van der Waals surface area contributed by atoms with Crippen LogP contribution in [-0.2, 0) is 17.8 Å². The highest BCUT2D eigenvalue weighted by Crippen LogP contribution is 2.30. The van der Waals surface area contributed by atoms with E-state index in [2.05, 4.69) is 17.0 Å². The molecule has 7 nitrogen and oxygen atoms in total. The highest BCUT2D eigenvalue weighted by molar-refractivity contribution is 5.75. The number of benzene rings is 1. The van der Waals surface area contributed by atoms with E-state index in [9.17, 15) is 9.90 Å². The molecule has 0 saturated heterocycles. The zero-order chi connectivity index (χ0) is 16.1. The number of methoxy groups -OCH3 is 1. The second-order valence-corrected chi connectivity index (χ2v) is 4.96. The number of hydrogen-bond acceptors (Lipinski definition) is 5. The molecule has 0 bridgehead atoms. The summed E-state index contributed by atoms with van der Waals surface area (Å²) < 4.78 is 6.77. The van der Waals surface area contributed by atoms with Gasteiger partial charge in [-0.25, -0.2) is 9.67 Å². The zero-order valence-electron chi connectivity index (χ0n) is 12.7. The molecule has 0 atom stereocenters. The van der Waals surface area contributed by atoms with Gasteiger partial charge in [-0.05, 0) is 24.6 Å². The quantitative estimate of drug-likeness (QED) is 0.806. The minimum absolute atomic E-state index is 0.00569. The van der Waals surface area contributed by atoms with Gasteiger partial charge in [0, 0.05) is 12.1 Å². The number of aromatic hydroxyl groups is 1. The first-order valence-corrected chi connectivity index (χ1v) is 7.14. The van der Waals surface area contributed by atoms with E-state index in [0.717, 1.165) is 12.8 Å². The number of phenolic OH excluding ortho intramolecular Hbond substituents is 1. The van der Waals surface area contributed by atoms with Crippen molar-refractivity contribution in [3.63, 3.8) is 0 Å². The molecule has 1 amide bonds. The molecule has 0 spiro atoms. The van der Waals surface area contributed by atoms with E-state index < -0.39 is 5.91 Å². The third kappa shape index (κ3) is 3.55. The van der Waals surface area contributed by atoms with Crippen LogP contribution in [0, 0.1) is 0 Å². The summed E-state index contributed by atoms with van der Waals surface area (Å²) in [7, 11) is 1.49. The Kier molecular flexibility index (Phi) is 4.98. The molecule has 1 aromatic heterocycles. The molecular weight excluding hydrogens is 284 g/mol. The molecular formula is C15H20N4O3. The average Bonchev–Trinajstić information content (AvgIpc) is 2.87. The Balaban J connectivity index is 2.40. The number of ether oxygens (including phenoxy) is 1. The van der Waals surface area contributed by atoms with Gasteiger partial charge in [-0.15, -0.1) is 0 Å². The van der Waals surface area contributed by atoms with E-state index >= 15 is 0 Å². The number of nitrogens with two attached hydrogens (primary N) is 1. The van der Waals surface area contributed by atoms with Gasteiger partial charge < -0.3 is 15.6 Å². The molecule has 22 heavy (non-hydrogen) atoms. The fourth-order valence-electron chi connectivity index (χ4n) is 2.13. The summed E-state index contributed by atoms with van der Waals surface area (Å²) in [5.74, 6) is 0.926. The first-order valence-electron chi connectivity index (χ1n) is 7.14. The van der Waals surface area contributed by atoms with Gasteiger partial charge in [-0.2, -0.15) is 5.10 Å². The summed E-state index contributed by atoms with van der Waals surface area (Å²) in [5.41, 5.74) is 5.91. The minimum Gasteiger partial charge on any atom is -0.504 e. The molecule has 1 heterocycles. The lowest BCUT2D eigenvalue weighted by Crippen LogP contribution is -2.14. The van der Waals surface area contributed by atoms with Crippen molar-refractivity contribution in [3.05, 3.63) is 24.0 Å². The first kappa shape index (κ1) is 15.8. The summed E-state index contributed by atoms with van der Waals surface area (Å²) in [4.78, 5) is 15.4. The molecule has 2 aromatic rings. The van der Waals surface area contributed by atoms with Gasteiger partial charge in [0.1, 0.15) is 0 Å². The molecule has 0 radical (unpaired) electrons. The van der Waals surface area contributed by atoms with Gasteiger partial charge in [0.25, 0.3) is 0 Å². The smallest absolute Gasteiger partial charge is 0.225 e. The maximum atomic E-state index is 11.1. The molecule has 2 rings (SSSR count). The van der Waals surface area contributed by atoms with Crippen LogP contribution in [0.5, 0.6) is 11.5 Å². The van der Waals surface area contributed by atoms with Crippen molar-refractivity contribution in [3.8, 4) is 22.9 Å². The number of nitrogens with zero attached hydrogens (tertiary/aromatic N) is 3. The Morgan fingerprint density at radius 3 is 2.82 bits per heavy atom. The fraction of sp³-hybridized carbons (Fsp3) is 0.400. The summed E-state index contributed by atoms with van der Waals surface area (Å²) in [5, 5.41) is 14.2. The normalized spacial score (nSPS) is 10.6. The molecule has 0 saturated carbocycles. The van der Waals surface area contributed by atoms with Gasteiger partial charge in [0.2, 0.25) is 5.91 Å². The molecule has 1 aromatic carbocycles. The number of aryl methyl sites for hydroxylation is 1. The summed E-state index contributed by atoms with van der Waals surface area (Å²) in [6.45, 7) is 2.77. The minimum atomic E-state index is -0.475. The standard InChI is InChI=1S/C15H20N4O3/c1-3-4-7-19-15(17-14(18-19)9-13(16)21)10-5-6-12(22-2)11(20)8-10/h5-6,8,20H,3-4,7,9H2,1-2H3,(H2,16,21). The van der Waals surface area contributed by atoms with Crippen LogP contribution in [0.3, 0.4) is 0 Å². The van der Waals surface area contributed by atoms with Crippen molar-refractivity contribution < 1.29 is 14.6 Å². The Bertz CT molecular complexity index is 667. The Labute approximate surface area is 128 Å². The van der Waals surface area contributed by atoms with Gasteiger partial charge in [-0.1, -0.05) is 13.3 Å². The molecule has 0 fully saturated rings. The molecule has 3 N–H and O–H groups in total. The number of unbranched alkanes of at least 4 members (excludes halogenated alkanes) is 1. The predicted octanol–water partition coefficient (Wildman–Crippen LogP) is 1.49. The Morgan fingerprint density at radius 2 is 2.23 bits per heavy atom. The number of hydrogen-bond donors (Lipinski definition) is 2. The average molecular weight is 304 g/mol. The van der Waals surface area contributed by atoms with Crippen LogP contribution in [0.2, 0.25) is 0 Å². The van der Waals surface area contributed by atoms with Crippen LogP contribution in [0.4, 0.5) is 0 Å². The van der Waals surface area contributed by atoms with Crippen molar-refractivity contribution >= 4 is 5.91 Å². The van der Waals surface area contributed by atoms with Crippen molar-refractivity contribution in [2.75, 3.05) is 7.11 Å². The van der Waals surface area contributed by atoms with Crippen LogP contribution >= 0.6 is 0 Å². The van der Waals surface area contributed by atoms with Gasteiger partial charge in [0.05, 0.1) is 13.5 Å². The number of rotatable bonds is 7. The molecule has 7 heteroatoms. The molecule has 0 aliphatic rings. The summed E-state index contributed by atoms with van der Waals surface area (Å²) in [6, 6.07) is 5.02. The van der Waals surface area contributed by atoms with Gasteiger partial charge in [-0.3, -0.25) is 4.79 Å². The summed E-state index contributed by atoms with van der Waals surface area (Å²) >= 11 is 0. The highest BCUT2D eigenvalue weighted by atomic mass is 16.5. The van der Waals surface area contributed by atoms with E-state index in [-0.39, 0.29) is 12.2 Å². The third-order valence-electron chi connectivity index (χ3n) is 3.21. The highest BCUT2D eigenvalue weighted by Gasteiger charge is 2.15. The van der Waals surface area contributed by atoms with Crippen molar-refractivity contribution in [2.45, 2.75) is 32.7 Å². The Hall–Kier alpha value is -2.57. The van der Waals surface area contributed by atoms with E-state index in [1.54, 1.807) is 22.9 Å². The van der Waals surface area contributed by atoms with Crippen LogP contribution in [0.25, 0.3) is 11.4 Å². The van der Waals surface area contributed by atoms with Crippen LogP contribution in [-0.4, -0.2) is 32.9 Å². The predicted molar refractivity (Wildman–Crippen MR) is 81.5 cm³/mol. The van der Waals surface area contributed by atoms with Crippen LogP contribution < -0.4 is 10.5 Å². The monoisotopic (exact) mass is 304 g/mol. The first-order chi connectivity index (χ1) is 10.5. The lowest BCUT2D eigenvalue weighted by molar-refractivity contribution is -0.117. The second kappa shape index (κ2) is 6.93. The van der Waals surface area contributed by atoms with Gasteiger partial charge >= 0.3 is 0 Å². The van der Waals surface area contributed by atoms with E-state index in [1.165, 1.54) is 7.11 Å². The van der Waals surface area contributed by atoms with Crippen molar-refractivity contribution in [1.29, 1.82) is 0 Å². The largest absolute Gasteiger partial charge is 0.504 e. The second-order valence-electron chi connectivity index (χ2n) is 4.96. The number of amides is 1. The van der Waals surface area contributed by atoms with E-state index in [4.69, 9.17) is 10.5 Å². The molecule has 118 valence electrons. The SMILES string of the molecule is CCCCn1nc(CC(N)=O)nc1-c1ccc(OC)c(O)c1. The number of carbonyl (C=O) groups excluding carboxylic acids is 1. The Morgan fingerprint density at radius 1 is 1.45 bits per heavy atom. The number of aromatic nitrogens is 3. The number of carbonyl (C=O) groups is 1. The van der Waals surface area contributed by atoms with Crippen molar-refractivity contribution in [1.82, 2.24) is 14.8 Å². The van der Waals surface area contributed by atoms with Crippen molar-refractivity contribution in [2.24, 2.45) is 5.73 Å². The third-order valence-corrected chi connectivity index (χ3v) is 3.21. The molecule has 0 unspecified atom stereocenters. The maximum absolute atomic E-state index is 11.1. The lowest BCUT2D eigenvalue weighted by Gasteiger charge is -2.07. The summed E-state index contributed by atoms with van der Waals surface area (Å²) in [6.07, 6.45) is 1.95. The zero-order valence-corrected chi connectivity index (χ0v) is 12.7. The number of primary amides is 1. The van der Waals surface area contributed by atoms with E-state index in [1.807, 2.05) is 0 Å². The van der Waals surface area contributed by atoms with Gasteiger partial charge in [0.15, 0.2) is 23.1 Å². The van der Waals surface area contributed by atoms with Crippen LogP contribution in [0.1, 0.15) is 25.6 Å². The molecule has 0 aliphatic carbocycles. The lowest BCUT2D eigenvalue weighted by atomic mass is 10.2. The van der Waals surface area contributed by atoms with Crippen LogP contribution in [0.15, 0.2) is 18.2 Å². The van der Waals surface area contributed by atoms with E-state index in [0.29, 0.717) is 29.5 Å². The number of phenols is 1.